The first kappa shape index (κ1) is 17.3. The van der Waals surface area contributed by atoms with Crippen LogP contribution in [-0.2, 0) is 19.4 Å². The van der Waals surface area contributed by atoms with Crippen molar-refractivity contribution in [1.82, 2.24) is 14.9 Å². The molecular weight excluding hydrogens is 338 g/mol. The monoisotopic (exact) mass is 361 g/mol. The molecule has 3 aromatic rings. The van der Waals surface area contributed by atoms with Crippen LogP contribution in [0, 0.1) is 13.8 Å². The summed E-state index contributed by atoms with van der Waals surface area (Å²) in [6, 6.07) is 14.3. The van der Waals surface area contributed by atoms with E-state index in [1.807, 2.05) is 44.2 Å². The third kappa shape index (κ3) is 3.72. The molecule has 0 fully saturated rings. The Morgan fingerprint density at radius 1 is 1.15 bits per heavy atom. The Morgan fingerprint density at radius 3 is 2.48 bits per heavy atom. The fourth-order valence-corrected chi connectivity index (χ4v) is 3.74. The average molecular weight is 361 g/mol. The van der Waals surface area contributed by atoms with E-state index in [4.69, 9.17) is 4.74 Å². The van der Waals surface area contributed by atoms with Crippen molar-refractivity contribution in [3.8, 4) is 5.75 Å². The minimum Gasteiger partial charge on any atom is -0.408 e. The molecule has 0 unspecified atom stereocenters. The van der Waals surface area contributed by atoms with Crippen LogP contribution in [0.2, 0.25) is 0 Å². The van der Waals surface area contributed by atoms with E-state index in [0.717, 1.165) is 36.3 Å². The molecule has 1 amide bonds. The van der Waals surface area contributed by atoms with Crippen LogP contribution < -0.4 is 10.1 Å². The molecule has 0 spiro atoms. The number of aryl methyl sites for hydroxylation is 1. The summed E-state index contributed by atoms with van der Waals surface area (Å²) in [5.41, 5.74) is 5.76. The number of hydrogen-bond donors (Lipinski definition) is 1. The summed E-state index contributed by atoms with van der Waals surface area (Å²) in [6.45, 7) is 4.72. The number of amides is 1. The first-order valence-corrected chi connectivity index (χ1v) is 9.21. The molecule has 5 heteroatoms. The lowest BCUT2D eigenvalue weighted by atomic mass is 10.1. The zero-order chi connectivity index (χ0) is 18.8. The van der Waals surface area contributed by atoms with Gasteiger partial charge < -0.3 is 14.6 Å². The van der Waals surface area contributed by atoms with E-state index >= 15 is 0 Å². The highest BCUT2D eigenvalue weighted by atomic mass is 16.6. The molecule has 27 heavy (non-hydrogen) atoms. The predicted molar refractivity (Wildman–Crippen MR) is 104 cm³/mol. The summed E-state index contributed by atoms with van der Waals surface area (Å²) in [5, 5.41) is 3.00. The largest absolute Gasteiger partial charge is 0.412 e. The molecule has 4 rings (SSSR count). The summed E-state index contributed by atoms with van der Waals surface area (Å²) < 4.78 is 7.76. The molecule has 1 aliphatic carbocycles. The molecule has 2 heterocycles. The van der Waals surface area contributed by atoms with Crippen molar-refractivity contribution in [2.75, 3.05) is 0 Å². The number of aromatic nitrogens is 2. The van der Waals surface area contributed by atoms with Crippen molar-refractivity contribution in [3.05, 3.63) is 82.9 Å². The Hall–Kier alpha value is -3.08. The minimum atomic E-state index is -0.392. The van der Waals surface area contributed by atoms with Crippen LogP contribution in [0.1, 0.15) is 28.1 Å². The summed E-state index contributed by atoms with van der Waals surface area (Å²) in [6.07, 6.45) is 4.89. The Bertz CT molecular complexity index is 938. The number of carbonyl (C=O) groups is 1. The van der Waals surface area contributed by atoms with Gasteiger partial charge in [-0.15, -0.1) is 0 Å². The van der Waals surface area contributed by atoms with E-state index < -0.39 is 6.09 Å². The molecule has 5 nitrogen and oxygen atoms in total. The van der Waals surface area contributed by atoms with Crippen molar-refractivity contribution in [1.29, 1.82) is 0 Å². The van der Waals surface area contributed by atoms with Gasteiger partial charge in [-0.25, -0.2) is 4.79 Å². The Labute approximate surface area is 159 Å². The molecule has 0 radical (unpaired) electrons. The van der Waals surface area contributed by atoms with Crippen molar-refractivity contribution in [2.24, 2.45) is 0 Å². The highest BCUT2D eigenvalue weighted by Gasteiger charge is 2.23. The smallest absolute Gasteiger partial charge is 0.408 e. The van der Waals surface area contributed by atoms with Gasteiger partial charge in [-0.05, 0) is 55.5 Å². The molecule has 0 saturated carbocycles. The first-order chi connectivity index (χ1) is 13.1. The predicted octanol–water partition coefficient (Wildman–Crippen LogP) is 3.80. The topological polar surface area (TPSA) is 56.1 Å². The molecule has 138 valence electrons. The Balaban J connectivity index is 1.41. The van der Waals surface area contributed by atoms with Crippen LogP contribution in [0.25, 0.3) is 0 Å². The van der Waals surface area contributed by atoms with Crippen LogP contribution in [0.15, 0.2) is 54.9 Å². The Kier molecular flexibility index (Phi) is 4.67. The highest BCUT2D eigenvalue weighted by molar-refractivity contribution is 5.71. The molecule has 0 saturated heterocycles. The summed E-state index contributed by atoms with van der Waals surface area (Å²) in [7, 11) is 0. The summed E-state index contributed by atoms with van der Waals surface area (Å²) >= 11 is 0. The third-order valence-electron chi connectivity index (χ3n) is 5.19. The van der Waals surface area contributed by atoms with Gasteiger partial charge in [0.15, 0.2) is 5.75 Å². The van der Waals surface area contributed by atoms with Crippen molar-refractivity contribution >= 4 is 6.09 Å². The summed E-state index contributed by atoms with van der Waals surface area (Å²) in [4.78, 5) is 16.5. The van der Waals surface area contributed by atoms with E-state index in [0.29, 0.717) is 5.75 Å². The number of benzene rings is 1. The highest BCUT2D eigenvalue weighted by Crippen LogP contribution is 2.25. The lowest BCUT2D eigenvalue weighted by Crippen LogP contribution is -2.37. The molecule has 0 bridgehead atoms. The maximum atomic E-state index is 12.4. The normalized spacial score (nSPS) is 13.4. The summed E-state index contributed by atoms with van der Waals surface area (Å²) in [5.74, 6) is 0.606. The number of carbonyl (C=O) groups excluding carboxylic acids is 1. The number of rotatable bonds is 4. The number of nitrogens with one attached hydrogen (secondary N) is 1. The van der Waals surface area contributed by atoms with E-state index in [2.05, 4.69) is 27.0 Å². The second-order valence-electron chi connectivity index (χ2n) is 7.08. The molecular formula is C22H23N3O2. The average Bonchev–Trinajstić information content (AvgIpc) is 3.18. The van der Waals surface area contributed by atoms with Gasteiger partial charge in [0.1, 0.15) is 0 Å². The molecule has 2 aromatic heterocycles. The molecule has 1 aliphatic rings. The maximum Gasteiger partial charge on any atom is 0.412 e. The SMILES string of the molecule is Cc1cc(OC(=O)NC2Cc3ccccc3C2)c(C)n1Cc1ccncc1. The molecule has 1 N–H and O–H groups in total. The number of fused-ring (bicyclic) bond motifs is 1. The lowest BCUT2D eigenvalue weighted by molar-refractivity contribution is 0.196. The molecule has 0 aliphatic heterocycles. The standard InChI is InChI=1S/C22H23N3O2/c1-15-11-21(16(2)25(15)14-17-7-9-23-10-8-17)27-22(26)24-20-12-18-5-3-4-6-19(18)13-20/h3-11,20H,12-14H2,1-2H3,(H,24,26). The third-order valence-corrected chi connectivity index (χ3v) is 5.19. The Morgan fingerprint density at radius 2 is 1.81 bits per heavy atom. The van der Waals surface area contributed by atoms with E-state index in [-0.39, 0.29) is 6.04 Å². The van der Waals surface area contributed by atoms with Crippen LogP contribution >= 0.6 is 0 Å². The van der Waals surface area contributed by atoms with Gasteiger partial charge in [0.05, 0.1) is 5.69 Å². The van der Waals surface area contributed by atoms with Gasteiger partial charge in [-0.1, -0.05) is 24.3 Å². The molecule has 1 aromatic carbocycles. The number of hydrogen-bond acceptors (Lipinski definition) is 3. The van der Waals surface area contributed by atoms with Gasteiger partial charge in [0, 0.05) is 36.7 Å². The van der Waals surface area contributed by atoms with Crippen molar-refractivity contribution in [2.45, 2.75) is 39.3 Å². The van der Waals surface area contributed by atoms with Gasteiger partial charge in [0.2, 0.25) is 0 Å². The van der Waals surface area contributed by atoms with Crippen molar-refractivity contribution < 1.29 is 9.53 Å². The van der Waals surface area contributed by atoms with Gasteiger partial charge in [0.25, 0.3) is 0 Å². The minimum absolute atomic E-state index is 0.0928. The van der Waals surface area contributed by atoms with Crippen LogP contribution in [0.5, 0.6) is 5.75 Å². The quantitative estimate of drug-likeness (QED) is 0.769. The van der Waals surface area contributed by atoms with Gasteiger partial charge in [-0.2, -0.15) is 0 Å². The number of nitrogens with zero attached hydrogens (tertiary/aromatic N) is 2. The first-order valence-electron chi connectivity index (χ1n) is 9.21. The second-order valence-corrected chi connectivity index (χ2v) is 7.08. The van der Waals surface area contributed by atoms with E-state index in [1.165, 1.54) is 11.1 Å². The van der Waals surface area contributed by atoms with Gasteiger partial charge in [-0.3, -0.25) is 4.98 Å². The van der Waals surface area contributed by atoms with Gasteiger partial charge >= 0.3 is 6.09 Å². The van der Waals surface area contributed by atoms with E-state index in [1.54, 1.807) is 12.4 Å². The fourth-order valence-electron chi connectivity index (χ4n) is 3.74. The van der Waals surface area contributed by atoms with Crippen molar-refractivity contribution in [3.63, 3.8) is 0 Å². The maximum absolute atomic E-state index is 12.4. The lowest BCUT2D eigenvalue weighted by Gasteiger charge is -2.13. The van der Waals surface area contributed by atoms with Crippen LogP contribution in [-0.4, -0.2) is 21.7 Å². The molecule has 0 atom stereocenters. The zero-order valence-electron chi connectivity index (χ0n) is 15.6. The second kappa shape index (κ2) is 7.27. The van der Waals surface area contributed by atoms with E-state index in [9.17, 15) is 4.79 Å². The number of ether oxygens (including phenoxy) is 1. The fraction of sp³-hybridized carbons (Fsp3) is 0.273. The zero-order valence-corrected chi connectivity index (χ0v) is 15.6. The van der Waals surface area contributed by atoms with Crippen LogP contribution in [0.4, 0.5) is 4.79 Å². The van der Waals surface area contributed by atoms with Crippen LogP contribution in [0.3, 0.4) is 0 Å². The number of pyridine rings is 1.